The van der Waals surface area contributed by atoms with Gasteiger partial charge in [-0.3, -0.25) is 0 Å². The maximum absolute atomic E-state index is 5.93. The highest BCUT2D eigenvalue weighted by Crippen LogP contribution is 2.29. The third-order valence-electron chi connectivity index (χ3n) is 3.97. The molecule has 1 saturated carbocycles. The predicted molar refractivity (Wildman–Crippen MR) is 79.6 cm³/mol. The number of aromatic nitrogens is 2. The molecule has 0 saturated heterocycles. The second-order valence-electron chi connectivity index (χ2n) is 5.29. The molecule has 0 radical (unpaired) electrons. The summed E-state index contributed by atoms with van der Waals surface area (Å²) in [5.41, 5.74) is 2.04. The molecule has 0 unspecified atom stereocenters. The summed E-state index contributed by atoms with van der Waals surface area (Å²) in [4.78, 5) is 0. The van der Waals surface area contributed by atoms with Crippen LogP contribution in [0, 0.1) is 5.92 Å². The molecular formula is C15H18ClN3. The van der Waals surface area contributed by atoms with Crippen molar-refractivity contribution in [2.75, 3.05) is 11.2 Å². The molecular weight excluding hydrogens is 258 g/mol. The van der Waals surface area contributed by atoms with Crippen molar-refractivity contribution in [1.29, 1.82) is 0 Å². The van der Waals surface area contributed by atoms with Gasteiger partial charge in [-0.15, -0.1) is 11.6 Å². The number of halogens is 1. The molecule has 19 heavy (non-hydrogen) atoms. The Balaban J connectivity index is 1.75. The summed E-state index contributed by atoms with van der Waals surface area (Å²) in [5, 5.41) is 13.0. The van der Waals surface area contributed by atoms with Gasteiger partial charge in [0.2, 0.25) is 0 Å². The van der Waals surface area contributed by atoms with Crippen LogP contribution in [-0.2, 0) is 0 Å². The molecule has 1 N–H and O–H groups in total. The van der Waals surface area contributed by atoms with Crippen molar-refractivity contribution in [3.63, 3.8) is 0 Å². The molecule has 3 nitrogen and oxygen atoms in total. The van der Waals surface area contributed by atoms with Crippen LogP contribution in [-0.4, -0.2) is 22.1 Å². The molecule has 1 fully saturated rings. The lowest BCUT2D eigenvalue weighted by Gasteiger charge is -2.28. The Kier molecular flexibility index (Phi) is 3.83. The monoisotopic (exact) mass is 275 g/mol. The normalized spacial score (nSPS) is 23.4. The number of anilines is 1. The van der Waals surface area contributed by atoms with Gasteiger partial charge in [0.15, 0.2) is 0 Å². The summed E-state index contributed by atoms with van der Waals surface area (Å²) in [6, 6.07) is 8.66. The summed E-state index contributed by atoms with van der Waals surface area (Å²) in [7, 11) is 0. The predicted octanol–water partition coefficient (Wildman–Crippen LogP) is 3.84. The third kappa shape index (κ3) is 2.81. The molecule has 1 heterocycles. The molecule has 1 aromatic carbocycles. The van der Waals surface area contributed by atoms with Crippen molar-refractivity contribution in [1.82, 2.24) is 10.2 Å². The smallest absolute Gasteiger partial charge is 0.0950 e. The lowest BCUT2D eigenvalue weighted by atomic mass is 9.87. The largest absolute Gasteiger partial charge is 0.380 e. The van der Waals surface area contributed by atoms with Crippen molar-refractivity contribution in [3.05, 3.63) is 30.5 Å². The molecule has 2 aromatic rings. The standard InChI is InChI=1S/C15H18ClN3/c16-9-11-5-7-12(8-6-11)18-15-10-17-19-14-4-2-1-3-13(14)15/h1-4,10-12H,5-9H2,(H,18,19). The van der Waals surface area contributed by atoms with Crippen molar-refractivity contribution in [2.24, 2.45) is 5.92 Å². The highest BCUT2D eigenvalue weighted by Gasteiger charge is 2.20. The fourth-order valence-corrected chi connectivity index (χ4v) is 3.11. The average molecular weight is 276 g/mol. The first kappa shape index (κ1) is 12.7. The van der Waals surface area contributed by atoms with E-state index in [0.29, 0.717) is 12.0 Å². The van der Waals surface area contributed by atoms with Crippen LogP contribution in [0.2, 0.25) is 0 Å². The Hall–Kier alpha value is -1.35. The Morgan fingerprint density at radius 1 is 1.16 bits per heavy atom. The molecule has 1 aliphatic carbocycles. The van der Waals surface area contributed by atoms with Gasteiger partial charge in [-0.1, -0.05) is 18.2 Å². The average Bonchev–Trinajstić information content (AvgIpc) is 2.48. The summed E-state index contributed by atoms with van der Waals surface area (Å²) in [6.07, 6.45) is 6.65. The van der Waals surface area contributed by atoms with Crippen molar-refractivity contribution >= 4 is 28.2 Å². The molecule has 0 spiro atoms. The van der Waals surface area contributed by atoms with Gasteiger partial charge >= 0.3 is 0 Å². The fourth-order valence-electron chi connectivity index (χ4n) is 2.80. The molecule has 3 rings (SSSR count). The number of nitrogens with one attached hydrogen (secondary N) is 1. The first-order valence-electron chi connectivity index (χ1n) is 6.90. The number of hydrogen-bond donors (Lipinski definition) is 1. The van der Waals surface area contributed by atoms with Gasteiger partial charge in [-0.25, -0.2) is 0 Å². The summed E-state index contributed by atoms with van der Waals surface area (Å²) >= 11 is 5.93. The van der Waals surface area contributed by atoms with Gasteiger partial charge in [-0.05, 0) is 37.7 Å². The zero-order valence-electron chi connectivity index (χ0n) is 10.8. The van der Waals surface area contributed by atoms with Crippen LogP contribution in [0.25, 0.3) is 10.9 Å². The molecule has 0 bridgehead atoms. The number of hydrogen-bond acceptors (Lipinski definition) is 3. The lowest BCUT2D eigenvalue weighted by molar-refractivity contribution is 0.364. The number of rotatable bonds is 3. The van der Waals surface area contributed by atoms with Crippen LogP contribution in [0.3, 0.4) is 0 Å². The van der Waals surface area contributed by atoms with Crippen LogP contribution in [0.5, 0.6) is 0 Å². The van der Waals surface area contributed by atoms with Crippen molar-refractivity contribution < 1.29 is 0 Å². The van der Waals surface area contributed by atoms with Crippen molar-refractivity contribution in [3.8, 4) is 0 Å². The molecule has 0 aliphatic heterocycles. The Morgan fingerprint density at radius 3 is 2.74 bits per heavy atom. The van der Waals surface area contributed by atoms with Gasteiger partial charge in [0, 0.05) is 17.3 Å². The van der Waals surface area contributed by atoms with E-state index >= 15 is 0 Å². The maximum Gasteiger partial charge on any atom is 0.0950 e. The van der Waals surface area contributed by atoms with Crippen LogP contribution in [0.15, 0.2) is 30.5 Å². The minimum atomic E-state index is 0.534. The Bertz CT molecular complexity index is 545. The number of benzene rings is 1. The molecule has 100 valence electrons. The van der Waals surface area contributed by atoms with Gasteiger partial charge in [-0.2, -0.15) is 10.2 Å². The van der Waals surface area contributed by atoms with Crippen LogP contribution < -0.4 is 5.32 Å². The highest BCUT2D eigenvalue weighted by molar-refractivity contribution is 6.18. The topological polar surface area (TPSA) is 37.8 Å². The van der Waals surface area contributed by atoms with E-state index in [1.807, 2.05) is 24.4 Å². The molecule has 1 aliphatic rings. The Morgan fingerprint density at radius 2 is 1.95 bits per heavy atom. The van der Waals surface area contributed by atoms with E-state index < -0.39 is 0 Å². The molecule has 0 amide bonds. The van der Waals surface area contributed by atoms with Crippen LogP contribution in [0.4, 0.5) is 5.69 Å². The van der Waals surface area contributed by atoms with E-state index in [1.165, 1.54) is 25.7 Å². The first-order valence-corrected chi connectivity index (χ1v) is 7.43. The minimum absolute atomic E-state index is 0.534. The molecule has 1 aromatic heterocycles. The van der Waals surface area contributed by atoms with Gasteiger partial charge in [0.25, 0.3) is 0 Å². The number of alkyl halides is 1. The maximum atomic E-state index is 5.93. The number of fused-ring (bicyclic) bond motifs is 1. The van der Waals surface area contributed by atoms with Gasteiger partial charge in [0.05, 0.1) is 17.4 Å². The van der Waals surface area contributed by atoms with Crippen LogP contribution >= 0.6 is 11.6 Å². The van der Waals surface area contributed by atoms with E-state index in [1.54, 1.807) is 0 Å². The third-order valence-corrected chi connectivity index (χ3v) is 4.41. The van der Waals surface area contributed by atoms with E-state index in [0.717, 1.165) is 22.5 Å². The second-order valence-corrected chi connectivity index (χ2v) is 5.60. The van der Waals surface area contributed by atoms with E-state index in [4.69, 9.17) is 11.6 Å². The molecule has 0 atom stereocenters. The summed E-state index contributed by atoms with van der Waals surface area (Å²) < 4.78 is 0. The number of nitrogens with zero attached hydrogens (tertiary/aromatic N) is 2. The zero-order chi connectivity index (χ0) is 13.1. The lowest BCUT2D eigenvalue weighted by Crippen LogP contribution is -2.26. The summed E-state index contributed by atoms with van der Waals surface area (Å²) in [6.45, 7) is 0. The highest BCUT2D eigenvalue weighted by atomic mass is 35.5. The van der Waals surface area contributed by atoms with E-state index in [-0.39, 0.29) is 0 Å². The second kappa shape index (κ2) is 5.74. The minimum Gasteiger partial charge on any atom is -0.380 e. The van der Waals surface area contributed by atoms with Crippen molar-refractivity contribution in [2.45, 2.75) is 31.7 Å². The molecule has 4 heteroatoms. The van der Waals surface area contributed by atoms with Gasteiger partial charge in [0.1, 0.15) is 0 Å². The summed E-state index contributed by atoms with van der Waals surface area (Å²) in [5.74, 6) is 1.50. The SMILES string of the molecule is ClCC1CCC(Nc2cnnc3ccccc23)CC1. The zero-order valence-corrected chi connectivity index (χ0v) is 11.6. The van der Waals surface area contributed by atoms with Crippen LogP contribution in [0.1, 0.15) is 25.7 Å². The first-order chi connectivity index (χ1) is 9.36. The van der Waals surface area contributed by atoms with E-state index in [2.05, 4.69) is 21.6 Å². The van der Waals surface area contributed by atoms with Gasteiger partial charge < -0.3 is 5.32 Å². The quantitative estimate of drug-likeness (QED) is 0.865. The fraction of sp³-hybridized carbons (Fsp3) is 0.467. The Labute approximate surface area is 118 Å². The van der Waals surface area contributed by atoms with E-state index in [9.17, 15) is 0 Å².